The quantitative estimate of drug-likeness (QED) is 0.867. The fourth-order valence-electron chi connectivity index (χ4n) is 2.54. The molecule has 1 amide bonds. The number of anilines is 1. The lowest BCUT2D eigenvalue weighted by molar-refractivity contribution is -0.121. The molecule has 0 saturated carbocycles. The molecule has 1 heterocycles. The highest BCUT2D eigenvalue weighted by atomic mass is 16.5. The first-order valence-corrected chi connectivity index (χ1v) is 7.03. The van der Waals surface area contributed by atoms with Gasteiger partial charge in [0, 0.05) is 25.3 Å². The molecule has 0 bridgehead atoms. The van der Waals surface area contributed by atoms with Crippen LogP contribution in [0.5, 0.6) is 0 Å². The molecule has 3 N–H and O–H groups in total. The van der Waals surface area contributed by atoms with Gasteiger partial charge in [0.25, 0.3) is 0 Å². The Morgan fingerprint density at radius 3 is 2.45 bits per heavy atom. The minimum atomic E-state index is 0.00629. The molecule has 1 saturated heterocycles. The van der Waals surface area contributed by atoms with Gasteiger partial charge in [-0.15, -0.1) is 0 Å². The molecule has 0 unspecified atom stereocenters. The number of nitrogens with zero attached hydrogens (tertiary/aromatic N) is 1. The predicted octanol–water partition coefficient (Wildman–Crippen LogP) is 1.19. The Morgan fingerprint density at radius 2 is 1.90 bits per heavy atom. The number of amides is 1. The number of ether oxygens (including phenoxy) is 1. The van der Waals surface area contributed by atoms with Crippen molar-refractivity contribution in [2.45, 2.75) is 32.6 Å². The lowest BCUT2D eigenvalue weighted by Crippen LogP contribution is -2.48. The highest BCUT2D eigenvalue weighted by Crippen LogP contribution is 2.12. The molecule has 20 heavy (non-hydrogen) atoms. The third-order valence-electron chi connectivity index (χ3n) is 3.34. The second-order valence-corrected chi connectivity index (χ2v) is 5.40. The van der Waals surface area contributed by atoms with Gasteiger partial charge >= 0.3 is 0 Å². The third-order valence-corrected chi connectivity index (χ3v) is 3.34. The molecule has 1 fully saturated rings. The van der Waals surface area contributed by atoms with Crippen LogP contribution in [0.3, 0.4) is 0 Å². The van der Waals surface area contributed by atoms with Crippen molar-refractivity contribution in [3.05, 3.63) is 29.8 Å². The van der Waals surface area contributed by atoms with E-state index in [1.54, 1.807) is 0 Å². The molecule has 0 radical (unpaired) electrons. The maximum Gasteiger partial charge on any atom is 0.238 e. The van der Waals surface area contributed by atoms with Crippen LogP contribution in [0, 0.1) is 0 Å². The first-order valence-electron chi connectivity index (χ1n) is 7.03. The summed E-state index contributed by atoms with van der Waals surface area (Å²) in [6.07, 6.45) is 0.353. The molecule has 0 aliphatic carbocycles. The van der Waals surface area contributed by atoms with E-state index in [4.69, 9.17) is 10.5 Å². The minimum Gasteiger partial charge on any atom is -0.373 e. The lowest BCUT2D eigenvalue weighted by atomic mass is 10.2. The number of morpholine rings is 1. The summed E-state index contributed by atoms with van der Waals surface area (Å²) >= 11 is 0. The van der Waals surface area contributed by atoms with E-state index >= 15 is 0 Å². The summed E-state index contributed by atoms with van der Waals surface area (Å²) < 4.78 is 5.66. The van der Waals surface area contributed by atoms with Crippen LogP contribution >= 0.6 is 0 Å². The fourth-order valence-corrected chi connectivity index (χ4v) is 2.54. The molecule has 1 aliphatic heterocycles. The Labute approximate surface area is 120 Å². The first-order chi connectivity index (χ1) is 9.56. The topological polar surface area (TPSA) is 67.6 Å². The molecule has 5 nitrogen and oxygen atoms in total. The van der Waals surface area contributed by atoms with Gasteiger partial charge in [-0.3, -0.25) is 9.69 Å². The van der Waals surface area contributed by atoms with Gasteiger partial charge in [-0.05, 0) is 31.5 Å². The summed E-state index contributed by atoms with van der Waals surface area (Å²) in [6.45, 7) is 6.57. The van der Waals surface area contributed by atoms with E-state index in [9.17, 15) is 4.79 Å². The molecular weight excluding hydrogens is 254 g/mol. The summed E-state index contributed by atoms with van der Waals surface area (Å²) in [5, 5.41) is 2.91. The van der Waals surface area contributed by atoms with Crippen LogP contribution in [0.2, 0.25) is 0 Å². The summed E-state index contributed by atoms with van der Waals surface area (Å²) in [7, 11) is 0. The average molecular weight is 277 g/mol. The second kappa shape index (κ2) is 6.83. The third kappa shape index (κ3) is 4.30. The molecule has 110 valence electrons. The molecule has 1 aromatic carbocycles. The van der Waals surface area contributed by atoms with E-state index in [1.807, 2.05) is 38.1 Å². The maximum atomic E-state index is 12.0. The molecule has 0 aromatic heterocycles. The van der Waals surface area contributed by atoms with Crippen molar-refractivity contribution < 1.29 is 9.53 Å². The van der Waals surface area contributed by atoms with E-state index in [0.717, 1.165) is 24.3 Å². The van der Waals surface area contributed by atoms with Crippen LogP contribution in [-0.2, 0) is 16.1 Å². The van der Waals surface area contributed by atoms with E-state index in [0.29, 0.717) is 13.1 Å². The number of rotatable bonds is 4. The lowest BCUT2D eigenvalue weighted by Gasteiger charge is -2.34. The van der Waals surface area contributed by atoms with Crippen molar-refractivity contribution in [1.29, 1.82) is 0 Å². The molecule has 5 heteroatoms. The van der Waals surface area contributed by atoms with Gasteiger partial charge in [-0.1, -0.05) is 12.1 Å². The van der Waals surface area contributed by atoms with E-state index in [1.165, 1.54) is 0 Å². The standard InChI is InChI=1S/C15H23N3O2/c1-11-8-18(9-12(2)20-11)10-15(19)17-14-5-3-13(7-16)4-6-14/h3-6,11-12H,7-10,16H2,1-2H3,(H,17,19)/t11-,12+. The number of hydrogen-bond acceptors (Lipinski definition) is 4. The van der Waals surface area contributed by atoms with Gasteiger partial charge in [-0.2, -0.15) is 0 Å². The van der Waals surface area contributed by atoms with Crippen molar-refractivity contribution >= 4 is 11.6 Å². The highest BCUT2D eigenvalue weighted by Gasteiger charge is 2.23. The van der Waals surface area contributed by atoms with E-state index in [-0.39, 0.29) is 18.1 Å². The Hall–Kier alpha value is -1.43. The van der Waals surface area contributed by atoms with Crippen LogP contribution in [0.15, 0.2) is 24.3 Å². The second-order valence-electron chi connectivity index (χ2n) is 5.40. The number of nitrogens with two attached hydrogens (primary N) is 1. The maximum absolute atomic E-state index is 12.0. The van der Waals surface area contributed by atoms with Gasteiger partial charge in [-0.25, -0.2) is 0 Å². The highest BCUT2D eigenvalue weighted by molar-refractivity contribution is 5.92. The molecule has 0 spiro atoms. The molecular formula is C15H23N3O2. The van der Waals surface area contributed by atoms with E-state index in [2.05, 4.69) is 10.2 Å². The van der Waals surface area contributed by atoms with Crippen LogP contribution in [0.25, 0.3) is 0 Å². The zero-order valence-corrected chi connectivity index (χ0v) is 12.1. The zero-order chi connectivity index (χ0) is 14.5. The van der Waals surface area contributed by atoms with Crippen LogP contribution in [0.1, 0.15) is 19.4 Å². The number of nitrogens with one attached hydrogen (secondary N) is 1. The number of hydrogen-bond donors (Lipinski definition) is 2. The van der Waals surface area contributed by atoms with Crippen LogP contribution in [-0.4, -0.2) is 42.6 Å². The smallest absolute Gasteiger partial charge is 0.238 e. The van der Waals surface area contributed by atoms with Gasteiger partial charge in [0.15, 0.2) is 0 Å². The summed E-state index contributed by atoms with van der Waals surface area (Å²) in [5.41, 5.74) is 7.41. The molecule has 1 aliphatic rings. The van der Waals surface area contributed by atoms with Gasteiger partial charge in [0.2, 0.25) is 5.91 Å². The zero-order valence-electron chi connectivity index (χ0n) is 12.1. The largest absolute Gasteiger partial charge is 0.373 e. The van der Waals surface area contributed by atoms with Gasteiger partial charge in [0.05, 0.1) is 18.8 Å². The molecule has 1 aromatic rings. The average Bonchev–Trinajstić information content (AvgIpc) is 2.38. The Bertz CT molecular complexity index is 437. The Balaban J connectivity index is 1.85. The van der Waals surface area contributed by atoms with Crippen molar-refractivity contribution in [2.24, 2.45) is 5.73 Å². The number of benzene rings is 1. The van der Waals surface area contributed by atoms with Crippen molar-refractivity contribution in [3.63, 3.8) is 0 Å². The van der Waals surface area contributed by atoms with Crippen LogP contribution in [0.4, 0.5) is 5.69 Å². The van der Waals surface area contributed by atoms with Crippen molar-refractivity contribution in [2.75, 3.05) is 25.0 Å². The SMILES string of the molecule is C[C@@H]1CN(CC(=O)Nc2ccc(CN)cc2)C[C@H](C)O1. The Morgan fingerprint density at radius 1 is 1.30 bits per heavy atom. The van der Waals surface area contributed by atoms with E-state index < -0.39 is 0 Å². The Kier molecular flexibility index (Phi) is 5.11. The van der Waals surface area contributed by atoms with Gasteiger partial charge < -0.3 is 15.8 Å². The predicted molar refractivity (Wildman–Crippen MR) is 79.4 cm³/mol. The fraction of sp³-hybridized carbons (Fsp3) is 0.533. The first kappa shape index (κ1) is 15.0. The molecule has 2 rings (SSSR count). The monoisotopic (exact) mass is 277 g/mol. The van der Waals surface area contributed by atoms with Crippen molar-refractivity contribution in [3.8, 4) is 0 Å². The minimum absolute atomic E-state index is 0.00629. The van der Waals surface area contributed by atoms with Crippen LogP contribution < -0.4 is 11.1 Å². The van der Waals surface area contributed by atoms with Crippen molar-refractivity contribution in [1.82, 2.24) is 4.90 Å². The summed E-state index contributed by atoms with van der Waals surface area (Å²) in [5.74, 6) is 0.00629. The summed E-state index contributed by atoms with van der Waals surface area (Å²) in [6, 6.07) is 7.61. The number of carbonyl (C=O) groups is 1. The van der Waals surface area contributed by atoms with Gasteiger partial charge in [0.1, 0.15) is 0 Å². The number of carbonyl (C=O) groups excluding carboxylic acids is 1. The normalized spacial score (nSPS) is 23.6. The molecule has 2 atom stereocenters. The summed E-state index contributed by atoms with van der Waals surface area (Å²) in [4.78, 5) is 14.2.